The number of para-hydroxylation sites is 2. The first-order valence-corrected chi connectivity index (χ1v) is 12.3. The van der Waals surface area contributed by atoms with Gasteiger partial charge in [0.05, 0.1) is 24.6 Å². The van der Waals surface area contributed by atoms with Gasteiger partial charge in [0, 0.05) is 16.1 Å². The molecule has 0 fully saturated rings. The minimum atomic E-state index is -0.237. The number of carbonyl (C=O) groups excluding carboxylic acids is 1. The van der Waals surface area contributed by atoms with Crippen LogP contribution in [0.4, 0.5) is 5.69 Å². The topological polar surface area (TPSA) is 73.2 Å². The number of thiophene rings is 1. The van der Waals surface area contributed by atoms with Crippen molar-refractivity contribution in [1.82, 2.24) is 9.55 Å². The van der Waals surface area contributed by atoms with E-state index in [0.717, 1.165) is 41.8 Å². The molecule has 0 bridgehead atoms. The van der Waals surface area contributed by atoms with E-state index in [1.807, 2.05) is 53.3 Å². The Bertz CT molecular complexity index is 1110. The molecule has 1 aromatic carbocycles. The molecule has 8 heteroatoms. The summed E-state index contributed by atoms with van der Waals surface area (Å²) in [6.07, 6.45) is 3.91. The summed E-state index contributed by atoms with van der Waals surface area (Å²) in [6, 6.07) is 11.4. The van der Waals surface area contributed by atoms with E-state index in [0.29, 0.717) is 29.6 Å². The highest BCUT2D eigenvalue weighted by Gasteiger charge is 2.21. The van der Waals surface area contributed by atoms with Crippen molar-refractivity contribution in [3.8, 4) is 5.75 Å². The molecule has 1 aliphatic rings. The molecule has 1 N–H and O–H groups in total. The normalized spacial score (nSPS) is 12.9. The first-order chi connectivity index (χ1) is 15.2. The first-order valence-electron chi connectivity index (χ1n) is 10.4. The Balaban J connectivity index is 1.50. The summed E-state index contributed by atoms with van der Waals surface area (Å²) in [4.78, 5) is 30.9. The maximum atomic E-state index is 12.8. The Morgan fingerprint density at radius 1 is 1.23 bits per heavy atom. The number of aromatic nitrogens is 2. The number of carbonyl (C=O) groups is 1. The molecule has 0 atom stereocenters. The van der Waals surface area contributed by atoms with E-state index >= 15 is 0 Å². The van der Waals surface area contributed by atoms with E-state index in [1.54, 1.807) is 11.3 Å². The van der Waals surface area contributed by atoms with Crippen molar-refractivity contribution in [2.75, 3.05) is 17.7 Å². The van der Waals surface area contributed by atoms with E-state index < -0.39 is 0 Å². The third-order valence-electron chi connectivity index (χ3n) is 5.15. The lowest BCUT2D eigenvalue weighted by molar-refractivity contribution is -0.113. The average Bonchev–Trinajstić information content (AvgIpc) is 3.29. The fourth-order valence-electron chi connectivity index (χ4n) is 3.76. The zero-order valence-corrected chi connectivity index (χ0v) is 19.1. The number of benzene rings is 1. The lowest BCUT2D eigenvalue weighted by Gasteiger charge is -2.22. The predicted octanol–water partition coefficient (Wildman–Crippen LogP) is 4.36. The number of hydrogen-bond acceptors (Lipinski definition) is 6. The van der Waals surface area contributed by atoms with Gasteiger partial charge in [-0.25, -0.2) is 4.79 Å². The molecule has 6 nitrogen and oxygen atoms in total. The van der Waals surface area contributed by atoms with Crippen LogP contribution in [0.25, 0.3) is 0 Å². The number of nitrogens with one attached hydrogen (secondary N) is 1. The van der Waals surface area contributed by atoms with Gasteiger partial charge < -0.3 is 10.1 Å². The first kappa shape index (κ1) is 21.6. The van der Waals surface area contributed by atoms with Gasteiger partial charge in [0.2, 0.25) is 5.91 Å². The van der Waals surface area contributed by atoms with Crippen LogP contribution in [-0.2, 0) is 24.2 Å². The quantitative estimate of drug-likeness (QED) is 0.404. The molecule has 1 amide bonds. The van der Waals surface area contributed by atoms with Crippen LogP contribution in [0.5, 0.6) is 5.75 Å². The van der Waals surface area contributed by atoms with Crippen molar-refractivity contribution < 1.29 is 9.53 Å². The van der Waals surface area contributed by atoms with Crippen molar-refractivity contribution in [3.05, 3.63) is 68.4 Å². The molecule has 31 heavy (non-hydrogen) atoms. The molecular weight excluding hydrogens is 430 g/mol. The van der Waals surface area contributed by atoms with E-state index in [1.165, 1.54) is 11.8 Å². The summed E-state index contributed by atoms with van der Waals surface area (Å²) in [5.41, 5.74) is 2.61. The van der Waals surface area contributed by atoms with Crippen molar-refractivity contribution in [2.24, 2.45) is 0 Å². The fourth-order valence-corrected chi connectivity index (χ4v) is 5.33. The maximum Gasteiger partial charge on any atom is 0.349 e. The van der Waals surface area contributed by atoms with E-state index in [9.17, 15) is 9.59 Å². The van der Waals surface area contributed by atoms with E-state index in [4.69, 9.17) is 4.74 Å². The zero-order valence-electron chi connectivity index (χ0n) is 17.4. The smallest absolute Gasteiger partial charge is 0.349 e. The number of ether oxygens (including phenoxy) is 1. The Hall–Kier alpha value is -2.58. The van der Waals surface area contributed by atoms with Gasteiger partial charge in [0.25, 0.3) is 0 Å². The predicted molar refractivity (Wildman–Crippen MR) is 126 cm³/mol. The molecule has 4 rings (SSSR count). The molecule has 0 unspecified atom stereocenters. The largest absolute Gasteiger partial charge is 0.492 e. The van der Waals surface area contributed by atoms with Crippen molar-refractivity contribution in [3.63, 3.8) is 0 Å². The minimum absolute atomic E-state index is 0.147. The molecule has 0 aliphatic heterocycles. The number of amides is 1. The summed E-state index contributed by atoms with van der Waals surface area (Å²) in [7, 11) is 0. The summed E-state index contributed by atoms with van der Waals surface area (Å²) in [5, 5.41) is 5.62. The molecule has 0 saturated heterocycles. The van der Waals surface area contributed by atoms with Crippen LogP contribution >= 0.6 is 23.1 Å². The highest BCUT2D eigenvalue weighted by molar-refractivity contribution is 8.00. The van der Waals surface area contributed by atoms with Crippen LogP contribution < -0.4 is 15.7 Å². The SMILES string of the molecule is CCOc1ccccc1NC(=O)CSc1nc(=O)n(Cc2cccs2)c2c1CCCC2. The molecule has 0 spiro atoms. The lowest BCUT2D eigenvalue weighted by atomic mass is 9.97. The number of hydrogen-bond donors (Lipinski definition) is 1. The standard InChI is InChI=1S/C23H25N3O3S2/c1-2-29-20-12-6-4-10-18(20)24-21(27)15-31-22-17-9-3-5-11-19(17)26(23(28)25-22)14-16-8-7-13-30-16/h4,6-8,10,12-13H,2-3,5,9,11,14-15H2,1H3,(H,24,27). The van der Waals surface area contributed by atoms with Crippen LogP contribution in [0.1, 0.15) is 35.9 Å². The minimum Gasteiger partial charge on any atom is -0.492 e. The van der Waals surface area contributed by atoms with Crippen LogP contribution in [0, 0.1) is 0 Å². The third-order valence-corrected chi connectivity index (χ3v) is 7.02. The van der Waals surface area contributed by atoms with Gasteiger partial charge in [-0.3, -0.25) is 9.36 Å². The Morgan fingerprint density at radius 3 is 2.87 bits per heavy atom. The van der Waals surface area contributed by atoms with Gasteiger partial charge in [-0.05, 0) is 56.2 Å². The maximum absolute atomic E-state index is 12.8. The van der Waals surface area contributed by atoms with Crippen LogP contribution in [0.3, 0.4) is 0 Å². The summed E-state index contributed by atoms with van der Waals surface area (Å²) < 4.78 is 7.38. The highest BCUT2D eigenvalue weighted by Crippen LogP contribution is 2.30. The highest BCUT2D eigenvalue weighted by atomic mass is 32.2. The molecule has 1 aliphatic carbocycles. The van der Waals surface area contributed by atoms with Crippen molar-refractivity contribution in [1.29, 1.82) is 0 Å². The van der Waals surface area contributed by atoms with Crippen molar-refractivity contribution in [2.45, 2.75) is 44.2 Å². The Labute approximate surface area is 189 Å². The second-order valence-electron chi connectivity index (χ2n) is 7.26. The number of fused-ring (bicyclic) bond motifs is 1. The second kappa shape index (κ2) is 10.2. The molecular formula is C23H25N3O3S2. The monoisotopic (exact) mass is 455 g/mol. The van der Waals surface area contributed by atoms with Crippen molar-refractivity contribution >= 4 is 34.7 Å². The zero-order chi connectivity index (χ0) is 21.6. The van der Waals surface area contributed by atoms with Gasteiger partial charge in [0.15, 0.2) is 0 Å². The van der Waals surface area contributed by atoms with Crippen LogP contribution in [-0.4, -0.2) is 27.8 Å². The van der Waals surface area contributed by atoms with Crippen LogP contribution in [0.15, 0.2) is 51.6 Å². The summed E-state index contributed by atoms with van der Waals surface area (Å²) in [6.45, 7) is 2.99. The fraction of sp³-hybridized carbons (Fsp3) is 0.348. The molecule has 162 valence electrons. The second-order valence-corrected chi connectivity index (χ2v) is 9.26. The molecule has 2 heterocycles. The Morgan fingerprint density at radius 2 is 2.06 bits per heavy atom. The summed E-state index contributed by atoms with van der Waals surface area (Å²) >= 11 is 2.98. The molecule has 0 radical (unpaired) electrons. The number of thioether (sulfide) groups is 1. The Kier molecular flexibility index (Phi) is 7.09. The van der Waals surface area contributed by atoms with Gasteiger partial charge in [-0.15, -0.1) is 11.3 Å². The molecule has 3 aromatic rings. The van der Waals surface area contributed by atoms with E-state index in [-0.39, 0.29) is 17.3 Å². The molecule has 0 saturated carbocycles. The molecule has 2 aromatic heterocycles. The van der Waals surface area contributed by atoms with Gasteiger partial charge >= 0.3 is 5.69 Å². The number of anilines is 1. The number of rotatable bonds is 8. The van der Waals surface area contributed by atoms with Gasteiger partial charge in [0.1, 0.15) is 10.8 Å². The van der Waals surface area contributed by atoms with Gasteiger partial charge in [-0.1, -0.05) is 30.0 Å². The number of nitrogens with zero attached hydrogens (tertiary/aromatic N) is 2. The van der Waals surface area contributed by atoms with E-state index in [2.05, 4.69) is 10.3 Å². The summed E-state index contributed by atoms with van der Waals surface area (Å²) in [5.74, 6) is 0.690. The van der Waals surface area contributed by atoms with Gasteiger partial charge in [-0.2, -0.15) is 4.98 Å². The average molecular weight is 456 g/mol. The lowest BCUT2D eigenvalue weighted by Crippen LogP contribution is -2.30. The van der Waals surface area contributed by atoms with Crippen LogP contribution in [0.2, 0.25) is 0 Å². The third kappa shape index (κ3) is 5.19.